The fraction of sp³-hybridized carbons (Fsp3) is 1.00. The van der Waals surface area contributed by atoms with Gasteiger partial charge in [-0.2, -0.15) is 0 Å². The number of hydrogen-bond acceptors (Lipinski definition) is 5. The van der Waals surface area contributed by atoms with Crippen LogP contribution < -0.4 is 22.3 Å². The molecule has 2 fully saturated rings. The highest BCUT2D eigenvalue weighted by molar-refractivity contribution is 8.77. The first kappa shape index (κ1) is 20.1. The minimum absolute atomic E-state index is 0. The summed E-state index contributed by atoms with van der Waals surface area (Å²) < 4.78 is 0. The lowest BCUT2D eigenvalue weighted by Crippen LogP contribution is -3.00. The van der Waals surface area contributed by atoms with Gasteiger partial charge in [0.2, 0.25) is 11.0 Å². The average Bonchev–Trinajstić information content (AvgIpc) is 3.09. The summed E-state index contributed by atoms with van der Waals surface area (Å²) in [5.74, 6) is 0. The molecule has 2 atom stereocenters. The molecule has 0 saturated carbocycles. The summed E-state index contributed by atoms with van der Waals surface area (Å²) in [6.45, 7) is 5.24. The van der Waals surface area contributed by atoms with E-state index in [4.69, 9.17) is 0 Å². The Morgan fingerprint density at radius 3 is 2.29 bits per heavy atom. The van der Waals surface area contributed by atoms with Gasteiger partial charge in [-0.05, 0) is 88.0 Å². The minimum Gasteiger partial charge on any atom is -1.00 e. The zero-order valence-corrected chi connectivity index (χ0v) is 16.9. The number of likely N-dealkylation sites (tertiary alicyclic amines) is 1. The molecule has 0 aromatic heterocycles. The number of unbranched alkanes of at least 4 members (excludes halogenated alkanes) is 2. The smallest absolute Gasteiger partial charge is 0.202 e. The van der Waals surface area contributed by atoms with Gasteiger partial charge in [0.1, 0.15) is 0 Å². The third kappa shape index (κ3) is 6.97. The first-order valence-corrected chi connectivity index (χ1v) is 10.2. The molecule has 0 bridgehead atoms. The van der Waals surface area contributed by atoms with Crippen LogP contribution in [0.1, 0.15) is 32.1 Å². The Morgan fingerprint density at radius 1 is 1.00 bits per heavy atom. The van der Waals surface area contributed by atoms with Crippen molar-refractivity contribution in [2.24, 2.45) is 0 Å². The van der Waals surface area contributed by atoms with Crippen LogP contribution in [0.3, 0.4) is 0 Å². The first-order valence-electron chi connectivity index (χ1n) is 7.93. The van der Waals surface area contributed by atoms with E-state index in [9.17, 15) is 0 Å². The second-order valence-electron chi connectivity index (χ2n) is 6.22. The summed E-state index contributed by atoms with van der Waals surface area (Å²) in [7, 11) is 10.6. The molecule has 21 heavy (non-hydrogen) atoms. The van der Waals surface area contributed by atoms with Gasteiger partial charge >= 0.3 is 0 Å². The van der Waals surface area contributed by atoms with Crippen molar-refractivity contribution in [3.8, 4) is 0 Å². The highest BCUT2D eigenvalue weighted by Gasteiger charge is 2.33. The summed E-state index contributed by atoms with van der Waals surface area (Å²) in [4.78, 5) is 7.43. The van der Waals surface area contributed by atoms with Crippen molar-refractivity contribution in [2.45, 2.75) is 43.1 Å². The second-order valence-corrected chi connectivity index (χ2v) is 8.73. The lowest BCUT2D eigenvalue weighted by molar-refractivity contribution is -0.708. The fourth-order valence-corrected chi connectivity index (χ4v) is 6.01. The molecule has 2 rings (SSSR count). The Hall–Kier alpha value is 1.02. The Bertz CT molecular complexity index is 278. The summed E-state index contributed by atoms with van der Waals surface area (Å²) in [5.41, 5.74) is 1.16. The third-order valence-corrected chi connectivity index (χ3v) is 7.33. The number of quaternary nitrogens is 1. The second kappa shape index (κ2) is 10.7. The standard InChI is InChI=1S/C14H30N4S2.BrH/c1-16(2)13-15-14(20-19-13)17(3)9-5-4-6-10-18-11-7-8-12-18;/h13-15H,4-12H2,1-3H3;1H. The first-order chi connectivity index (χ1) is 9.66. The van der Waals surface area contributed by atoms with E-state index < -0.39 is 0 Å². The van der Waals surface area contributed by atoms with Gasteiger partial charge in [-0.1, -0.05) is 6.42 Å². The van der Waals surface area contributed by atoms with Gasteiger partial charge in [0.05, 0.1) is 0 Å². The summed E-state index contributed by atoms with van der Waals surface area (Å²) in [6.07, 6.45) is 6.93. The highest BCUT2D eigenvalue weighted by atomic mass is 79.9. The number of halogens is 1. The van der Waals surface area contributed by atoms with Crippen LogP contribution in [0.2, 0.25) is 0 Å². The quantitative estimate of drug-likeness (QED) is 0.387. The molecule has 2 aliphatic rings. The lowest BCUT2D eigenvalue weighted by atomic mass is 10.2. The van der Waals surface area contributed by atoms with Crippen molar-refractivity contribution >= 4 is 21.6 Å². The van der Waals surface area contributed by atoms with Crippen molar-refractivity contribution in [3.63, 3.8) is 0 Å². The molecular formula is C14H31BrN4S2. The van der Waals surface area contributed by atoms with Crippen molar-refractivity contribution in [3.05, 3.63) is 0 Å². The van der Waals surface area contributed by atoms with E-state index in [0.29, 0.717) is 11.0 Å². The predicted octanol–water partition coefficient (Wildman–Crippen LogP) is -1.72. The maximum atomic E-state index is 2.63. The van der Waals surface area contributed by atoms with Crippen molar-refractivity contribution in [1.29, 1.82) is 0 Å². The van der Waals surface area contributed by atoms with E-state index in [0.717, 1.165) is 0 Å². The monoisotopic (exact) mass is 398 g/mol. The van der Waals surface area contributed by atoms with Crippen molar-refractivity contribution < 1.29 is 22.3 Å². The lowest BCUT2D eigenvalue weighted by Gasteiger charge is -2.22. The summed E-state index contributed by atoms with van der Waals surface area (Å²) in [5, 5.41) is 2.47. The highest BCUT2D eigenvalue weighted by Crippen LogP contribution is 2.32. The molecule has 0 spiro atoms. The number of rotatable bonds is 8. The van der Waals surface area contributed by atoms with Crippen LogP contribution in [-0.4, -0.2) is 73.0 Å². The predicted molar refractivity (Wildman–Crippen MR) is 90.5 cm³/mol. The van der Waals surface area contributed by atoms with Gasteiger partial charge in [-0.25, -0.2) is 4.90 Å². The van der Waals surface area contributed by atoms with Crippen molar-refractivity contribution in [2.75, 3.05) is 47.3 Å². The molecule has 0 aromatic rings. The van der Waals surface area contributed by atoms with Crippen LogP contribution in [0.25, 0.3) is 0 Å². The molecule has 2 saturated heterocycles. The van der Waals surface area contributed by atoms with Crippen molar-refractivity contribution in [1.82, 2.24) is 14.7 Å². The normalized spacial score (nSPS) is 26.7. The van der Waals surface area contributed by atoms with Crippen LogP contribution in [0.5, 0.6) is 0 Å². The molecule has 2 unspecified atom stereocenters. The molecule has 126 valence electrons. The minimum atomic E-state index is 0. The van der Waals surface area contributed by atoms with E-state index >= 15 is 0 Å². The Morgan fingerprint density at radius 2 is 1.67 bits per heavy atom. The number of nitrogens with two attached hydrogens (primary N) is 1. The van der Waals surface area contributed by atoms with Gasteiger partial charge in [0.15, 0.2) is 0 Å². The van der Waals surface area contributed by atoms with Gasteiger partial charge in [0, 0.05) is 6.54 Å². The van der Waals surface area contributed by atoms with Gasteiger partial charge in [0.25, 0.3) is 0 Å². The zero-order valence-electron chi connectivity index (χ0n) is 13.6. The van der Waals surface area contributed by atoms with Crippen LogP contribution in [0, 0.1) is 0 Å². The molecule has 2 N–H and O–H groups in total. The van der Waals surface area contributed by atoms with E-state index in [-0.39, 0.29) is 17.0 Å². The third-order valence-electron chi connectivity index (χ3n) is 4.21. The molecule has 2 aliphatic heterocycles. The molecule has 4 nitrogen and oxygen atoms in total. The van der Waals surface area contributed by atoms with Gasteiger partial charge in [-0.3, -0.25) is 10.2 Å². The molecular weight excluding hydrogens is 368 g/mol. The Balaban J connectivity index is 0.00000220. The molecule has 7 heteroatoms. The fourth-order valence-electron chi connectivity index (χ4n) is 2.80. The van der Waals surface area contributed by atoms with E-state index in [1.54, 1.807) is 0 Å². The van der Waals surface area contributed by atoms with Gasteiger partial charge < -0.3 is 21.9 Å². The van der Waals surface area contributed by atoms with Crippen LogP contribution in [-0.2, 0) is 0 Å². The van der Waals surface area contributed by atoms with Crippen LogP contribution in [0.4, 0.5) is 0 Å². The SMILES string of the molecule is CN(C)C1[NH2+]C(N(C)CCCCCN2CCCC2)SS1.[Br-]. The largest absolute Gasteiger partial charge is 1.00 e. The van der Waals surface area contributed by atoms with E-state index in [1.165, 1.54) is 58.3 Å². The maximum absolute atomic E-state index is 2.63. The van der Waals surface area contributed by atoms with Gasteiger partial charge in [-0.15, -0.1) is 0 Å². The molecule has 0 aliphatic carbocycles. The summed E-state index contributed by atoms with van der Waals surface area (Å²) in [6, 6.07) is 0. The molecule has 0 amide bonds. The maximum Gasteiger partial charge on any atom is 0.202 e. The topological polar surface area (TPSA) is 26.3 Å². The zero-order chi connectivity index (χ0) is 14.4. The molecule has 0 radical (unpaired) electrons. The van der Waals surface area contributed by atoms with E-state index in [1.807, 2.05) is 21.6 Å². The van der Waals surface area contributed by atoms with Crippen LogP contribution in [0.15, 0.2) is 0 Å². The number of hydrogen-bond donors (Lipinski definition) is 1. The van der Waals surface area contributed by atoms with E-state index in [2.05, 4.69) is 41.2 Å². The van der Waals surface area contributed by atoms with Crippen LogP contribution >= 0.6 is 21.6 Å². The summed E-state index contributed by atoms with van der Waals surface area (Å²) >= 11 is 0. The Kier molecular flexibility index (Phi) is 10.3. The Labute approximate surface area is 148 Å². The molecule has 2 heterocycles. The average molecular weight is 399 g/mol. The molecule has 0 aromatic carbocycles. The number of nitrogens with zero attached hydrogens (tertiary/aromatic N) is 3.